The number of methoxy groups -OCH3 is 1. The summed E-state index contributed by atoms with van der Waals surface area (Å²) >= 11 is 0. The molecule has 1 aliphatic rings. The molecule has 2 heterocycles. The summed E-state index contributed by atoms with van der Waals surface area (Å²) in [6.45, 7) is 7.85. The molecular weight excluding hydrogens is 359 g/mol. The van der Waals surface area contributed by atoms with Crippen LogP contribution in [-0.4, -0.2) is 29.3 Å². The minimum Gasteiger partial charge on any atom is -0.380 e. The second-order valence-corrected chi connectivity index (χ2v) is 6.16. The van der Waals surface area contributed by atoms with Gasteiger partial charge in [-0.15, -0.1) is 0 Å². The van der Waals surface area contributed by atoms with Gasteiger partial charge in [0.25, 0.3) is 5.91 Å². The predicted octanol–water partition coefficient (Wildman–Crippen LogP) is 4.60. The van der Waals surface area contributed by atoms with Crippen LogP contribution in [0.15, 0.2) is 24.4 Å². The Hall–Kier alpha value is -2.35. The van der Waals surface area contributed by atoms with Gasteiger partial charge in [0, 0.05) is 24.9 Å². The lowest BCUT2D eigenvalue weighted by Gasteiger charge is -2.32. The summed E-state index contributed by atoms with van der Waals surface area (Å²) in [5.74, 6) is -0.267. The normalized spacial score (nSPS) is 16.7. The number of anilines is 1. The van der Waals surface area contributed by atoms with Crippen molar-refractivity contribution >= 4 is 11.6 Å². The number of aryl methyl sites for hydroxylation is 1. The number of ether oxygens (including phenoxy) is 1. The summed E-state index contributed by atoms with van der Waals surface area (Å²) in [7, 11) is 1.34. The van der Waals surface area contributed by atoms with Gasteiger partial charge >= 0.3 is 6.18 Å². The Morgan fingerprint density at radius 2 is 1.96 bits per heavy atom. The molecule has 0 aliphatic carbocycles. The molecule has 1 unspecified atom stereocenters. The topological polar surface area (TPSA) is 47.4 Å². The van der Waals surface area contributed by atoms with Crippen LogP contribution in [0.5, 0.6) is 0 Å². The van der Waals surface area contributed by atoms with Crippen LogP contribution in [0.4, 0.5) is 18.9 Å². The van der Waals surface area contributed by atoms with E-state index in [1.165, 1.54) is 24.1 Å². The average Bonchev–Trinajstić information content (AvgIpc) is 3.02. The molecule has 0 N–H and O–H groups in total. The Morgan fingerprint density at radius 1 is 1.30 bits per heavy atom. The van der Waals surface area contributed by atoms with Crippen molar-refractivity contribution in [3.8, 4) is 0 Å². The molecule has 1 aliphatic heterocycles. The van der Waals surface area contributed by atoms with Crippen molar-refractivity contribution < 1.29 is 22.7 Å². The van der Waals surface area contributed by atoms with Gasteiger partial charge < -0.3 is 9.64 Å². The first-order valence-electron chi connectivity index (χ1n) is 8.79. The number of benzene rings is 1. The summed E-state index contributed by atoms with van der Waals surface area (Å²) in [4.78, 5) is 14.3. The van der Waals surface area contributed by atoms with E-state index in [-0.39, 0.29) is 24.1 Å². The lowest BCUT2D eigenvalue weighted by molar-refractivity contribution is -0.138. The molecule has 0 fully saturated rings. The highest BCUT2D eigenvalue weighted by Crippen LogP contribution is 2.35. The molecular formula is C19H24F3N3O2. The van der Waals surface area contributed by atoms with Crippen molar-refractivity contribution in [3.05, 3.63) is 46.8 Å². The molecule has 3 rings (SSSR count). The highest BCUT2D eigenvalue weighted by molar-refractivity contribution is 6.06. The number of alkyl halides is 3. The third kappa shape index (κ3) is 4.00. The minimum atomic E-state index is -4.47. The molecule has 1 amide bonds. The van der Waals surface area contributed by atoms with E-state index >= 15 is 0 Å². The summed E-state index contributed by atoms with van der Waals surface area (Å²) in [6.07, 6.45) is -2.85. The van der Waals surface area contributed by atoms with Crippen molar-refractivity contribution in [2.45, 2.75) is 46.5 Å². The molecule has 2 aromatic rings. The van der Waals surface area contributed by atoms with Crippen molar-refractivity contribution in [1.29, 1.82) is 0 Å². The van der Waals surface area contributed by atoms with Crippen LogP contribution in [-0.2, 0) is 17.5 Å². The molecule has 1 aromatic carbocycles. The number of amides is 1. The van der Waals surface area contributed by atoms with Crippen LogP contribution in [0.25, 0.3) is 0 Å². The number of hydrogen-bond donors (Lipinski definition) is 0. The van der Waals surface area contributed by atoms with Crippen LogP contribution in [0, 0.1) is 6.92 Å². The summed E-state index contributed by atoms with van der Waals surface area (Å²) in [6, 6.07) is 3.63. The maximum absolute atomic E-state index is 13.1. The second-order valence-electron chi connectivity index (χ2n) is 6.16. The fourth-order valence-electron chi connectivity index (χ4n) is 3.12. The molecule has 0 saturated heterocycles. The Kier molecular flexibility index (Phi) is 6.30. The molecule has 0 radical (unpaired) electrons. The highest BCUT2D eigenvalue weighted by Gasteiger charge is 2.36. The molecule has 0 saturated carbocycles. The number of fused-ring (bicyclic) bond motifs is 1. The van der Waals surface area contributed by atoms with E-state index in [9.17, 15) is 18.0 Å². The Labute approximate surface area is 156 Å². The quantitative estimate of drug-likeness (QED) is 0.778. The van der Waals surface area contributed by atoms with Gasteiger partial charge in [-0.25, -0.2) is 0 Å². The molecule has 0 bridgehead atoms. The fraction of sp³-hybridized carbons (Fsp3) is 0.474. The van der Waals surface area contributed by atoms with Gasteiger partial charge in [0.1, 0.15) is 5.69 Å². The van der Waals surface area contributed by atoms with Crippen LogP contribution >= 0.6 is 0 Å². The zero-order valence-corrected chi connectivity index (χ0v) is 16.1. The van der Waals surface area contributed by atoms with E-state index in [2.05, 4.69) is 5.10 Å². The second kappa shape index (κ2) is 8.12. The van der Waals surface area contributed by atoms with Gasteiger partial charge in [0.05, 0.1) is 24.4 Å². The number of halogens is 3. The van der Waals surface area contributed by atoms with Gasteiger partial charge in [-0.1, -0.05) is 13.8 Å². The lowest BCUT2D eigenvalue weighted by Crippen LogP contribution is -2.43. The first kappa shape index (κ1) is 21.0. The molecule has 0 spiro atoms. The number of carbonyl (C=O) groups is 1. The molecule has 27 heavy (non-hydrogen) atoms. The molecule has 8 heteroatoms. The first-order chi connectivity index (χ1) is 12.7. The largest absolute Gasteiger partial charge is 0.416 e. The van der Waals surface area contributed by atoms with Gasteiger partial charge in [-0.2, -0.15) is 18.3 Å². The van der Waals surface area contributed by atoms with Crippen LogP contribution in [0.1, 0.15) is 54.0 Å². The summed E-state index contributed by atoms with van der Waals surface area (Å²) < 4.78 is 46.0. The van der Waals surface area contributed by atoms with E-state index in [1.807, 2.05) is 20.8 Å². The summed E-state index contributed by atoms with van der Waals surface area (Å²) in [5, 5.41) is 4.21. The number of hydrogen-bond acceptors (Lipinski definition) is 3. The zero-order chi connectivity index (χ0) is 20.4. The molecule has 148 valence electrons. The molecule has 5 nitrogen and oxygen atoms in total. The van der Waals surface area contributed by atoms with Crippen molar-refractivity contribution in [3.63, 3.8) is 0 Å². The SMILES string of the molecule is CC.COCc1cc(N2CC(C)n3ncc(C)c3C2=O)ccc1C(F)(F)F. The van der Waals surface area contributed by atoms with Crippen molar-refractivity contribution in [2.24, 2.45) is 0 Å². The molecule has 1 atom stereocenters. The van der Waals surface area contributed by atoms with Gasteiger partial charge in [-0.3, -0.25) is 9.48 Å². The van der Waals surface area contributed by atoms with Crippen LogP contribution in [0.2, 0.25) is 0 Å². The fourth-order valence-corrected chi connectivity index (χ4v) is 3.12. The van der Waals surface area contributed by atoms with E-state index < -0.39 is 11.7 Å². The third-order valence-corrected chi connectivity index (χ3v) is 4.30. The van der Waals surface area contributed by atoms with Gasteiger partial charge in [0.2, 0.25) is 0 Å². The first-order valence-corrected chi connectivity index (χ1v) is 8.79. The smallest absolute Gasteiger partial charge is 0.380 e. The monoisotopic (exact) mass is 383 g/mol. The minimum absolute atomic E-state index is 0.00348. The lowest BCUT2D eigenvalue weighted by atomic mass is 10.0. The Morgan fingerprint density at radius 3 is 2.56 bits per heavy atom. The van der Waals surface area contributed by atoms with Crippen LogP contribution in [0.3, 0.4) is 0 Å². The Bertz CT molecular complexity index is 815. The van der Waals surface area contributed by atoms with Crippen molar-refractivity contribution in [2.75, 3.05) is 18.6 Å². The zero-order valence-electron chi connectivity index (χ0n) is 16.1. The summed E-state index contributed by atoms with van der Waals surface area (Å²) in [5.41, 5.74) is 0.877. The van der Waals surface area contributed by atoms with Crippen LogP contribution < -0.4 is 4.90 Å². The van der Waals surface area contributed by atoms with Gasteiger partial charge in [-0.05, 0) is 37.6 Å². The van der Waals surface area contributed by atoms with E-state index in [4.69, 9.17) is 4.74 Å². The number of carbonyl (C=O) groups excluding carboxylic acids is 1. The molecule has 1 aromatic heterocycles. The Balaban J connectivity index is 0.00000126. The predicted molar refractivity (Wildman–Crippen MR) is 96.9 cm³/mol. The van der Waals surface area contributed by atoms with Gasteiger partial charge in [0.15, 0.2) is 0 Å². The third-order valence-electron chi connectivity index (χ3n) is 4.30. The maximum Gasteiger partial charge on any atom is 0.416 e. The highest BCUT2D eigenvalue weighted by atomic mass is 19.4. The average molecular weight is 383 g/mol. The number of aromatic nitrogens is 2. The van der Waals surface area contributed by atoms with Crippen molar-refractivity contribution in [1.82, 2.24) is 9.78 Å². The van der Waals surface area contributed by atoms with E-state index in [0.29, 0.717) is 17.9 Å². The standard InChI is InChI=1S/C17H18F3N3O2.C2H6/c1-10-7-21-23-11(2)8-22(16(24)15(10)23)13-4-5-14(17(18,19)20)12(6-13)9-25-3;1-2/h4-7,11H,8-9H2,1-3H3;1-2H3. The number of rotatable bonds is 3. The van der Waals surface area contributed by atoms with E-state index in [1.54, 1.807) is 17.8 Å². The van der Waals surface area contributed by atoms with E-state index in [0.717, 1.165) is 11.6 Å². The number of nitrogens with zero attached hydrogens (tertiary/aromatic N) is 3. The maximum atomic E-state index is 13.1.